The highest BCUT2D eigenvalue weighted by molar-refractivity contribution is 8.18. The van der Waals surface area contributed by atoms with E-state index < -0.39 is 0 Å². The molecule has 1 aliphatic heterocycles. The number of phenolic OH excluding ortho intramolecular Hbond substituents is 1. The molecule has 5 rings (SSSR count). The van der Waals surface area contributed by atoms with Crippen LogP contribution in [0.2, 0.25) is 5.02 Å². The third-order valence-electron chi connectivity index (χ3n) is 5.75. The maximum atomic E-state index is 13.4. The summed E-state index contributed by atoms with van der Waals surface area (Å²) in [6.45, 7) is -0.0770. The number of hydrogen-bond acceptors (Lipinski definition) is 8. The molecule has 1 fully saturated rings. The highest BCUT2D eigenvalue weighted by Gasteiger charge is 2.34. The van der Waals surface area contributed by atoms with Gasteiger partial charge >= 0.3 is 0 Å². The number of ether oxygens (including phenoxy) is 1. The standard InChI is InChI=1S/C30H23ClN4O5S/c31-22-11-13-23(14-12-22)33-28(37)19-40-26-10-4-2-6-20(26)16-27-29(38)35(18-24-8-5-15-39-24)30(41-27)34-32-17-21-7-1-3-9-25(21)36/h1-17,36H,18-19H2,(H,33,37)/b27-16-,32-17+,34-30-. The average Bonchev–Trinajstić information content (AvgIpc) is 3.59. The lowest BCUT2D eigenvalue weighted by molar-refractivity contribution is -0.122. The number of hydrogen-bond donors (Lipinski definition) is 2. The van der Waals surface area contributed by atoms with Crippen LogP contribution in [0.5, 0.6) is 11.5 Å². The number of phenols is 1. The Morgan fingerprint density at radius 1 is 1.02 bits per heavy atom. The van der Waals surface area contributed by atoms with Crippen molar-refractivity contribution in [1.29, 1.82) is 0 Å². The Bertz CT molecular complexity index is 1630. The first-order chi connectivity index (χ1) is 20.0. The Labute approximate surface area is 244 Å². The summed E-state index contributed by atoms with van der Waals surface area (Å²) in [6.07, 6.45) is 4.63. The monoisotopic (exact) mass is 586 g/mol. The molecule has 206 valence electrons. The summed E-state index contributed by atoms with van der Waals surface area (Å²) in [4.78, 5) is 27.7. The number of furan rings is 1. The zero-order valence-electron chi connectivity index (χ0n) is 21.4. The second kappa shape index (κ2) is 13.0. The number of rotatable bonds is 9. The molecule has 2 heterocycles. The summed E-state index contributed by atoms with van der Waals surface area (Å²) in [6, 6.07) is 24.1. The molecule has 0 unspecified atom stereocenters. The summed E-state index contributed by atoms with van der Waals surface area (Å²) in [5.41, 5.74) is 1.70. The second-order valence-corrected chi connectivity index (χ2v) is 10.1. The van der Waals surface area contributed by atoms with Gasteiger partial charge in [-0.1, -0.05) is 41.9 Å². The van der Waals surface area contributed by atoms with Crippen LogP contribution in [0.1, 0.15) is 16.9 Å². The summed E-state index contributed by atoms with van der Waals surface area (Å²) in [5.74, 6) is 0.437. The highest BCUT2D eigenvalue weighted by atomic mass is 35.5. The molecular formula is C30H23ClN4O5S. The van der Waals surface area contributed by atoms with Gasteiger partial charge in [0.25, 0.3) is 11.8 Å². The Balaban J connectivity index is 1.34. The molecule has 1 aromatic heterocycles. The van der Waals surface area contributed by atoms with Crippen molar-refractivity contribution in [3.63, 3.8) is 0 Å². The lowest BCUT2D eigenvalue weighted by atomic mass is 10.2. The molecule has 4 aromatic rings. The number of halogens is 1. The van der Waals surface area contributed by atoms with Gasteiger partial charge in [-0.15, -0.1) is 5.10 Å². The van der Waals surface area contributed by atoms with E-state index in [0.29, 0.717) is 43.4 Å². The van der Waals surface area contributed by atoms with Crippen molar-refractivity contribution < 1.29 is 23.8 Å². The van der Waals surface area contributed by atoms with Gasteiger partial charge in [0.1, 0.15) is 17.3 Å². The van der Waals surface area contributed by atoms with Crippen molar-refractivity contribution in [3.05, 3.63) is 118 Å². The number of amidine groups is 1. The fourth-order valence-electron chi connectivity index (χ4n) is 3.76. The van der Waals surface area contributed by atoms with Gasteiger partial charge in [0.05, 0.1) is 23.9 Å². The number of nitrogens with one attached hydrogen (secondary N) is 1. The molecule has 0 bridgehead atoms. The summed E-state index contributed by atoms with van der Waals surface area (Å²) < 4.78 is 11.2. The Hall–Kier alpha value is -4.80. The molecule has 2 N–H and O–H groups in total. The lowest BCUT2D eigenvalue weighted by Crippen LogP contribution is -2.28. The number of anilines is 1. The zero-order chi connectivity index (χ0) is 28.6. The van der Waals surface area contributed by atoms with Gasteiger partial charge in [-0.2, -0.15) is 5.10 Å². The van der Waals surface area contributed by atoms with E-state index in [2.05, 4.69) is 15.5 Å². The molecule has 0 atom stereocenters. The largest absolute Gasteiger partial charge is 0.507 e. The van der Waals surface area contributed by atoms with Crippen molar-refractivity contribution >= 4 is 58.3 Å². The molecule has 0 radical (unpaired) electrons. The predicted octanol–water partition coefficient (Wildman–Crippen LogP) is 6.16. The SMILES string of the molecule is O=C(COc1ccccc1/C=C1\S/C(=N\N=C\c2ccccc2O)N(Cc2ccco2)C1=O)Nc1ccc(Cl)cc1. The van der Waals surface area contributed by atoms with E-state index in [-0.39, 0.29) is 30.7 Å². The first-order valence-corrected chi connectivity index (χ1v) is 13.6. The number of carbonyl (C=O) groups excluding carboxylic acids is 2. The molecule has 41 heavy (non-hydrogen) atoms. The maximum absolute atomic E-state index is 13.4. The van der Waals surface area contributed by atoms with Gasteiger partial charge < -0.3 is 19.6 Å². The van der Waals surface area contributed by atoms with E-state index in [4.69, 9.17) is 20.8 Å². The van der Waals surface area contributed by atoms with E-state index in [1.165, 1.54) is 17.4 Å². The molecule has 0 saturated carbocycles. The van der Waals surface area contributed by atoms with Gasteiger partial charge in [0.2, 0.25) is 0 Å². The maximum Gasteiger partial charge on any atom is 0.267 e. The van der Waals surface area contributed by atoms with Crippen molar-refractivity contribution in [1.82, 2.24) is 4.90 Å². The second-order valence-electron chi connectivity index (χ2n) is 8.65. The van der Waals surface area contributed by atoms with Crippen LogP contribution >= 0.6 is 23.4 Å². The zero-order valence-corrected chi connectivity index (χ0v) is 23.0. The number of thioether (sulfide) groups is 1. The van der Waals surface area contributed by atoms with E-state index >= 15 is 0 Å². The number of carbonyl (C=O) groups is 2. The summed E-state index contributed by atoms with van der Waals surface area (Å²) in [7, 11) is 0. The minimum atomic E-state index is -0.345. The van der Waals surface area contributed by atoms with Crippen LogP contribution < -0.4 is 10.1 Å². The molecule has 1 aliphatic rings. The Kier molecular flexibility index (Phi) is 8.82. The summed E-state index contributed by atoms with van der Waals surface area (Å²) in [5, 5.41) is 22.0. The normalized spacial score (nSPS) is 15.2. The molecule has 0 aliphatic carbocycles. The fourth-order valence-corrected chi connectivity index (χ4v) is 4.82. The third-order valence-corrected chi connectivity index (χ3v) is 7.00. The number of benzene rings is 3. The smallest absolute Gasteiger partial charge is 0.267 e. The first kappa shape index (κ1) is 27.8. The number of amides is 2. The van der Waals surface area contributed by atoms with Crippen LogP contribution in [0.4, 0.5) is 5.69 Å². The number of aromatic hydroxyl groups is 1. The van der Waals surface area contributed by atoms with Gasteiger partial charge in [-0.3, -0.25) is 14.5 Å². The van der Waals surface area contributed by atoms with E-state index in [1.54, 1.807) is 84.9 Å². The van der Waals surface area contributed by atoms with E-state index in [9.17, 15) is 14.7 Å². The van der Waals surface area contributed by atoms with Crippen molar-refractivity contribution in [2.75, 3.05) is 11.9 Å². The third kappa shape index (κ3) is 7.24. The molecule has 9 nitrogen and oxygen atoms in total. The minimum Gasteiger partial charge on any atom is -0.507 e. The van der Waals surface area contributed by atoms with Crippen LogP contribution in [0.25, 0.3) is 6.08 Å². The van der Waals surface area contributed by atoms with Crippen LogP contribution in [0.15, 0.2) is 111 Å². The van der Waals surface area contributed by atoms with Crippen LogP contribution in [-0.4, -0.2) is 39.8 Å². The summed E-state index contributed by atoms with van der Waals surface area (Å²) >= 11 is 7.04. The lowest BCUT2D eigenvalue weighted by Gasteiger charge is -2.12. The molecular weight excluding hydrogens is 564 g/mol. The van der Waals surface area contributed by atoms with Gasteiger partial charge in [0, 0.05) is 21.8 Å². The highest BCUT2D eigenvalue weighted by Crippen LogP contribution is 2.35. The minimum absolute atomic E-state index is 0.0677. The predicted molar refractivity (Wildman–Crippen MR) is 160 cm³/mol. The molecule has 11 heteroatoms. The first-order valence-electron chi connectivity index (χ1n) is 12.4. The average molecular weight is 587 g/mol. The van der Waals surface area contributed by atoms with Crippen LogP contribution in [-0.2, 0) is 16.1 Å². The Morgan fingerprint density at radius 3 is 2.54 bits per heavy atom. The molecule has 1 saturated heterocycles. The van der Waals surface area contributed by atoms with Crippen molar-refractivity contribution in [2.45, 2.75) is 6.54 Å². The van der Waals surface area contributed by atoms with Gasteiger partial charge in [0.15, 0.2) is 11.8 Å². The quantitative estimate of drug-likeness (QED) is 0.138. The molecule has 3 aromatic carbocycles. The van der Waals surface area contributed by atoms with Crippen molar-refractivity contribution in [3.8, 4) is 11.5 Å². The van der Waals surface area contributed by atoms with E-state index in [0.717, 1.165) is 11.8 Å². The van der Waals surface area contributed by atoms with Gasteiger partial charge in [-0.05, 0) is 72.4 Å². The number of para-hydroxylation sites is 2. The molecule has 0 spiro atoms. The Morgan fingerprint density at radius 2 is 1.78 bits per heavy atom. The molecule has 2 amide bonds. The van der Waals surface area contributed by atoms with E-state index in [1.807, 2.05) is 6.07 Å². The fraction of sp³-hybridized carbons (Fsp3) is 0.0667. The topological polar surface area (TPSA) is 117 Å². The van der Waals surface area contributed by atoms with Crippen LogP contribution in [0.3, 0.4) is 0 Å². The number of nitrogens with zero attached hydrogens (tertiary/aromatic N) is 3. The van der Waals surface area contributed by atoms with Gasteiger partial charge in [-0.25, -0.2) is 0 Å². The van der Waals surface area contributed by atoms with Crippen LogP contribution in [0, 0.1) is 0 Å². The van der Waals surface area contributed by atoms with Crippen molar-refractivity contribution in [2.24, 2.45) is 10.2 Å².